The highest BCUT2D eigenvalue weighted by Crippen LogP contribution is 2.55. The molecule has 2 atom stereocenters. The second-order valence-corrected chi connectivity index (χ2v) is 9.10. The molecule has 0 bridgehead atoms. The van der Waals surface area contributed by atoms with Crippen LogP contribution in [0.2, 0.25) is 0 Å². The number of ether oxygens (including phenoxy) is 1. The lowest BCUT2D eigenvalue weighted by molar-refractivity contribution is -0.198. The molecule has 0 unspecified atom stereocenters. The van der Waals surface area contributed by atoms with Gasteiger partial charge in [-0.05, 0) is 30.5 Å². The molecule has 1 aliphatic carbocycles. The smallest absolute Gasteiger partial charge is 0.322 e. The number of benzene rings is 2. The standard InChI is InChI=1S/C25H29N3O4/c1-32-20-12-6-11-19(13-20)26-24(31)27-15-25(16-27)22(17-7-3-2-4-8-17)21(14-29)28(25)23(30)18-9-5-10-18/h2-4,6-8,11-13,18,21-22,29H,5,9-10,14-16H2,1H3,(H,26,31)/t21-,22+/m0/s1. The number of likely N-dealkylation sites (tertiary alicyclic amines) is 2. The summed E-state index contributed by atoms with van der Waals surface area (Å²) in [6.07, 6.45) is 2.91. The van der Waals surface area contributed by atoms with E-state index in [0.717, 1.165) is 24.8 Å². The zero-order valence-corrected chi connectivity index (χ0v) is 18.2. The third-order valence-electron chi connectivity index (χ3n) is 7.35. The first-order valence-corrected chi connectivity index (χ1v) is 11.3. The molecule has 1 saturated carbocycles. The second-order valence-electron chi connectivity index (χ2n) is 9.10. The average molecular weight is 436 g/mol. The molecular weight excluding hydrogens is 406 g/mol. The number of rotatable bonds is 5. The summed E-state index contributed by atoms with van der Waals surface area (Å²) in [6, 6.07) is 16.9. The van der Waals surface area contributed by atoms with Crippen LogP contribution >= 0.6 is 0 Å². The van der Waals surface area contributed by atoms with E-state index in [4.69, 9.17) is 4.74 Å². The molecule has 2 aromatic carbocycles. The van der Waals surface area contributed by atoms with Gasteiger partial charge >= 0.3 is 6.03 Å². The molecule has 3 fully saturated rings. The molecule has 0 radical (unpaired) electrons. The highest BCUT2D eigenvalue weighted by atomic mass is 16.5. The van der Waals surface area contributed by atoms with Crippen molar-refractivity contribution in [2.75, 3.05) is 32.1 Å². The minimum atomic E-state index is -0.451. The minimum absolute atomic E-state index is 0.0126. The Balaban J connectivity index is 1.36. The van der Waals surface area contributed by atoms with E-state index in [2.05, 4.69) is 17.4 Å². The van der Waals surface area contributed by atoms with Crippen molar-refractivity contribution in [3.63, 3.8) is 0 Å². The molecule has 32 heavy (non-hydrogen) atoms. The Morgan fingerprint density at radius 3 is 2.50 bits per heavy atom. The van der Waals surface area contributed by atoms with Crippen LogP contribution in [0.3, 0.4) is 0 Å². The van der Waals surface area contributed by atoms with Crippen LogP contribution in [0.1, 0.15) is 30.7 Å². The highest BCUT2D eigenvalue weighted by Gasteiger charge is 2.68. The maximum absolute atomic E-state index is 13.3. The highest BCUT2D eigenvalue weighted by molar-refractivity contribution is 5.91. The quantitative estimate of drug-likeness (QED) is 0.756. The third-order valence-corrected chi connectivity index (χ3v) is 7.35. The molecule has 2 saturated heterocycles. The number of amides is 3. The number of nitrogens with one attached hydrogen (secondary N) is 1. The Morgan fingerprint density at radius 1 is 1.12 bits per heavy atom. The Kier molecular flexibility index (Phi) is 5.29. The molecular formula is C25H29N3O4. The number of carbonyl (C=O) groups excluding carboxylic acids is 2. The maximum Gasteiger partial charge on any atom is 0.322 e. The van der Waals surface area contributed by atoms with Crippen LogP contribution in [0.5, 0.6) is 5.75 Å². The van der Waals surface area contributed by atoms with E-state index < -0.39 is 5.54 Å². The van der Waals surface area contributed by atoms with Gasteiger partial charge in [-0.3, -0.25) is 4.79 Å². The predicted octanol–water partition coefficient (Wildman–Crippen LogP) is 3.07. The second kappa shape index (κ2) is 8.13. The fourth-order valence-corrected chi connectivity index (χ4v) is 5.53. The monoisotopic (exact) mass is 435 g/mol. The molecule has 0 aromatic heterocycles. The van der Waals surface area contributed by atoms with Gasteiger partial charge in [-0.25, -0.2) is 4.79 Å². The fraction of sp³-hybridized carbons (Fsp3) is 0.440. The van der Waals surface area contributed by atoms with Crippen LogP contribution in [0, 0.1) is 5.92 Å². The first kappa shape index (κ1) is 20.8. The fourth-order valence-electron chi connectivity index (χ4n) is 5.53. The van der Waals surface area contributed by atoms with Crippen molar-refractivity contribution in [1.29, 1.82) is 0 Å². The van der Waals surface area contributed by atoms with Gasteiger partial charge in [-0.2, -0.15) is 0 Å². The molecule has 168 valence electrons. The van der Waals surface area contributed by atoms with Gasteiger partial charge in [0.1, 0.15) is 5.75 Å². The molecule has 3 amide bonds. The van der Waals surface area contributed by atoms with Crippen molar-refractivity contribution in [3.8, 4) is 5.75 Å². The van der Waals surface area contributed by atoms with Crippen LogP contribution < -0.4 is 10.1 Å². The molecule has 5 rings (SSSR count). The molecule has 2 N–H and O–H groups in total. The normalized spacial score (nSPS) is 23.7. The molecule has 2 heterocycles. The van der Waals surface area contributed by atoms with E-state index in [9.17, 15) is 14.7 Å². The number of hydrogen-bond acceptors (Lipinski definition) is 4. The lowest BCUT2D eigenvalue weighted by Crippen LogP contribution is -2.86. The van der Waals surface area contributed by atoms with Gasteiger partial charge in [0.25, 0.3) is 0 Å². The van der Waals surface area contributed by atoms with Crippen molar-refractivity contribution in [1.82, 2.24) is 9.80 Å². The lowest BCUT2D eigenvalue weighted by Gasteiger charge is -2.71. The Bertz CT molecular complexity index is 1000. The van der Waals surface area contributed by atoms with Crippen molar-refractivity contribution in [2.24, 2.45) is 5.92 Å². The summed E-state index contributed by atoms with van der Waals surface area (Å²) in [5.41, 5.74) is 1.32. The summed E-state index contributed by atoms with van der Waals surface area (Å²) >= 11 is 0. The third kappa shape index (κ3) is 3.23. The lowest BCUT2D eigenvalue weighted by atomic mass is 9.60. The SMILES string of the molecule is COc1cccc(NC(=O)N2CC3(C2)[C@H](c2ccccc2)[C@H](CO)N3C(=O)C2CCC2)c1. The van der Waals surface area contributed by atoms with Gasteiger partial charge in [0.05, 0.1) is 25.3 Å². The van der Waals surface area contributed by atoms with Crippen LogP contribution in [-0.4, -0.2) is 65.2 Å². The van der Waals surface area contributed by atoms with Gasteiger partial charge in [0, 0.05) is 36.7 Å². The number of anilines is 1. The van der Waals surface area contributed by atoms with Crippen molar-refractivity contribution in [3.05, 3.63) is 60.2 Å². The van der Waals surface area contributed by atoms with E-state index in [-0.39, 0.29) is 36.4 Å². The molecule has 7 heteroatoms. The first-order valence-electron chi connectivity index (χ1n) is 11.3. The zero-order chi connectivity index (χ0) is 22.3. The van der Waals surface area contributed by atoms with Gasteiger partial charge in [-0.1, -0.05) is 42.8 Å². The topological polar surface area (TPSA) is 82.1 Å². The number of nitrogens with zero attached hydrogens (tertiary/aromatic N) is 2. The Morgan fingerprint density at radius 2 is 1.88 bits per heavy atom. The molecule has 2 aromatic rings. The van der Waals surface area contributed by atoms with Crippen LogP contribution in [0.25, 0.3) is 0 Å². The Labute approximate surface area is 188 Å². The van der Waals surface area contributed by atoms with Gasteiger partial charge in [0.2, 0.25) is 5.91 Å². The van der Waals surface area contributed by atoms with E-state index in [0.29, 0.717) is 24.5 Å². The number of aliphatic hydroxyl groups excluding tert-OH is 1. The summed E-state index contributed by atoms with van der Waals surface area (Å²) in [6.45, 7) is 0.838. The van der Waals surface area contributed by atoms with Crippen molar-refractivity contribution in [2.45, 2.75) is 36.8 Å². The number of methoxy groups -OCH3 is 1. The summed E-state index contributed by atoms with van der Waals surface area (Å²) in [5.74, 6) is 0.875. The average Bonchev–Trinajstić information content (AvgIpc) is 2.72. The first-order chi connectivity index (χ1) is 15.6. The molecule has 2 aliphatic heterocycles. The van der Waals surface area contributed by atoms with Crippen molar-refractivity contribution >= 4 is 17.6 Å². The Hall–Kier alpha value is -3.06. The summed E-state index contributed by atoms with van der Waals surface area (Å²) < 4.78 is 5.23. The predicted molar refractivity (Wildman–Crippen MR) is 121 cm³/mol. The van der Waals surface area contributed by atoms with Crippen molar-refractivity contribution < 1.29 is 19.4 Å². The van der Waals surface area contributed by atoms with E-state index in [1.807, 2.05) is 41.3 Å². The van der Waals surface area contributed by atoms with E-state index >= 15 is 0 Å². The zero-order valence-electron chi connectivity index (χ0n) is 18.2. The largest absolute Gasteiger partial charge is 0.497 e. The van der Waals surface area contributed by atoms with Crippen LogP contribution in [-0.2, 0) is 4.79 Å². The summed E-state index contributed by atoms with van der Waals surface area (Å²) in [5, 5.41) is 13.1. The van der Waals surface area contributed by atoms with Gasteiger partial charge in [-0.15, -0.1) is 0 Å². The van der Waals surface area contributed by atoms with Crippen LogP contribution in [0.4, 0.5) is 10.5 Å². The summed E-state index contributed by atoms with van der Waals surface area (Å²) in [4.78, 5) is 29.8. The van der Waals surface area contributed by atoms with E-state index in [1.165, 1.54) is 0 Å². The number of urea groups is 1. The molecule has 3 aliphatic rings. The molecule has 1 spiro atoms. The van der Waals surface area contributed by atoms with Gasteiger partial charge in [0.15, 0.2) is 0 Å². The number of hydrogen-bond donors (Lipinski definition) is 2. The van der Waals surface area contributed by atoms with Crippen LogP contribution in [0.15, 0.2) is 54.6 Å². The molecule has 7 nitrogen and oxygen atoms in total. The van der Waals surface area contributed by atoms with Gasteiger partial charge < -0.3 is 25.0 Å². The number of aliphatic hydroxyl groups is 1. The van der Waals surface area contributed by atoms with E-state index in [1.54, 1.807) is 18.1 Å². The maximum atomic E-state index is 13.3. The minimum Gasteiger partial charge on any atom is -0.497 e. The summed E-state index contributed by atoms with van der Waals surface area (Å²) in [7, 11) is 1.59. The number of carbonyl (C=O) groups is 2.